The monoisotopic (exact) mass is 367 g/mol. The molecule has 1 aromatic carbocycles. The molecule has 2 aromatic rings. The van der Waals surface area contributed by atoms with Crippen molar-refractivity contribution in [2.45, 2.75) is 25.5 Å². The van der Waals surface area contributed by atoms with Crippen molar-refractivity contribution in [2.75, 3.05) is 25.0 Å². The van der Waals surface area contributed by atoms with Crippen molar-refractivity contribution in [1.29, 1.82) is 0 Å². The normalized spacial score (nSPS) is 18.2. The lowest BCUT2D eigenvalue weighted by atomic mass is 10.2. The topological polar surface area (TPSA) is 42.8 Å². The number of carbonyl (C=O) groups is 1. The van der Waals surface area contributed by atoms with E-state index in [2.05, 4.69) is 5.32 Å². The van der Waals surface area contributed by atoms with Gasteiger partial charge in [-0.15, -0.1) is 11.3 Å². The van der Waals surface area contributed by atoms with E-state index in [1.165, 1.54) is 4.88 Å². The Labute approximate surface area is 149 Å². The molecule has 0 aliphatic carbocycles. The van der Waals surface area contributed by atoms with Crippen LogP contribution in [0.5, 0.6) is 0 Å². The molecule has 0 radical (unpaired) electrons. The van der Waals surface area contributed by atoms with Gasteiger partial charge in [0.05, 0.1) is 10.6 Å². The molecule has 1 unspecified atom stereocenters. The highest BCUT2D eigenvalue weighted by Crippen LogP contribution is 2.15. The molecule has 1 aliphatic heterocycles. The third-order valence-electron chi connectivity index (χ3n) is 4.16. The maximum atomic E-state index is 13.7. The lowest BCUT2D eigenvalue weighted by molar-refractivity contribution is -0.908. The number of anilines is 1. The van der Waals surface area contributed by atoms with Gasteiger partial charge in [-0.2, -0.15) is 0 Å². The van der Waals surface area contributed by atoms with Gasteiger partial charge in [0.15, 0.2) is 6.54 Å². The zero-order valence-corrected chi connectivity index (χ0v) is 14.6. The van der Waals surface area contributed by atoms with Crippen LogP contribution in [0.15, 0.2) is 35.7 Å². The van der Waals surface area contributed by atoms with Gasteiger partial charge in [-0.05, 0) is 36.4 Å². The Morgan fingerprint density at radius 3 is 2.96 bits per heavy atom. The van der Waals surface area contributed by atoms with E-state index in [4.69, 9.17) is 4.74 Å². The molecule has 0 spiro atoms. The molecule has 7 heteroatoms. The van der Waals surface area contributed by atoms with Crippen LogP contribution in [-0.4, -0.2) is 31.7 Å². The highest BCUT2D eigenvalue weighted by atomic mass is 32.1. The van der Waals surface area contributed by atoms with Crippen LogP contribution >= 0.6 is 11.3 Å². The number of quaternary nitrogens is 1. The Balaban J connectivity index is 1.63. The molecule has 3 rings (SSSR count). The lowest BCUT2D eigenvalue weighted by Gasteiger charge is -2.21. The Morgan fingerprint density at radius 2 is 2.24 bits per heavy atom. The fourth-order valence-electron chi connectivity index (χ4n) is 3.01. The van der Waals surface area contributed by atoms with Gasteiger partial charge in [0.2, 0.25) is 0 Å². The van der Waals surface area contributed by atoms with Crippen LogP contribution in [0.1, 0.15) is 17.7 Å². The van der Waals surface area contributed by atoms with E-state index in [9.17, 15) is 13.6 Å². The van der Waals surface area contributed by atoms with Crippen molar-refractivity contribution in [3.05, 3.63) is 52.2 Å². The van der Waals surface area contributed by atoms with E-state index in [1.54, 1.807) is 11.3 Å². The number of hydrogen-bond donors (Lipinski definition) is 2. The zero-order valence-electron chi connectivity index (χ0n) is 13.8. The second kappa shape index (κ2) is 8.51. The fraction of sp³-hybridized carbons (Fsp3) is 0.389. The van der Waals surface area contributed by atoms with Crippen LogP contribution in [0.2, 0.25) is 0 Å². The molecule has 25 heavy (non-hydrogen) atoms. The van der Waals surface area contributed by atoms with Crippen LogP contribution < -0.4 is 10.2 Å². The molecule has 134 valence electrons. The van der Waals surface area contributed by atoms with Crippen molar-refractivity contribution in [2.24, 2.45) is 0 Å². The summed E-state index contributed by atoms with van der Waals surface area (Å²) in [6.45, 7) is 2.36. The largest absolute Gasteiger partial charge is 0.372 e. The molecule has 2 N–H and O–H groups in total. The summed E-state index contributed by atoms with van der Waals surface area (Å²) in [7, 11) is 0. The van der Waals surface area contributed by atoms with E-state index in [0.29, 0.717) is 6.54 Å². The van der Waals surface area contributed by atoms with Crippen molar-refractivity contribution >= 4 is 22.9 Å². The minimum Gasteiger partial charge on any atom is -0.372 e. The van der Waals surface area contributed by atoms with Gasteiger partial charge >= 0.3 is 0 Å². The number of thiophene rings is 1. The van der Waals surface area contributed by atoms with Crippen LogP contribution in [0.4, 0.5) is 14.5 Å². The molecular weight excluding hydrogens is 346 g/mol. The first-order valence-corrected chi connectivity index (χ1v) is 9.20. The zero-order chi connectivity index (χ0) is 17.6. The number of nitrogens with one attached hydrogen (secondary N) is 2. The van der Waals surface area contributed by atoms with Gasteiger partial charge in [-0.25, -0.2) is 8.78 Å². The van der Waals surface area contributed by atoms with Crippen LogP contribution in [0.3, 0.4) is 0 Å². The average molecular weight is 367 g/mol. The molecule has 1 saturated heterocycles. The standard InChI is InChI=1S/C18H20F2N2O2S/c19-13-5-6-16(20)17(9-13)21-18(23)12-22(10-14-3-1-7-24-14)11-15-4-2-8-25-15/h2,4-6,8-9,14H,1,3,7,10-12H2,(H,21,23)/p+1/t14-/m0/s1. The number of rotatable bonds is 7. The fourth-order valence-corrected chi connectivity index (χ4v) is 3.78. The first-order chi connectivity index (χ1) is 12.1. The molecular formula is C18H21F2N2O2S+. The number of hydrogen-bond acceptors (Lipinski definition) is 3. The second-order valence-corrected chi connectivity index (χ2v) is 7.23. The molecule has 0 saturated carbocycles. The minimum atomic E-state index is -0.645. The van der Waals surface area contributed by atoms with E-state index >= 15 is 0 Å². The summed E-state index contributed by atoms with van der Waals surface area (Å²) in [6.07, 6.45) is 2.18. The molecule has 0 bridgehead atoms. The Kier molecular flexibility index (Phi) is 6.12. The first kappa shape index (κ1) is 18.0. The summed E-state index contributed by atoms with van der Waals surface area (Å²) in [4.78, 5) is 14.6. The summed E-state index contributed by atoms with van der Waals surface area (Å²) in [5, 5.41) is 4.48. The van der Waals surface area contributed by atoms with E-state index in [-0.39, 0.29) is 24.2 Å². The molecule has 1 fully saturated rings. The molecule has 2 atom stereocenters. The number of benzene rings is 1. The lowest BCUT2D eigenvalue weighted by Crippen LogP contribution is -3.12. The quantitative estimate of drug-likeness (QED) is 0.788. The Morgan fingerprint density at radius 1 is 1.36 bits per heavy atom. The summed E-state index contributed by atoms with van der Waals surface area (Å²) in [6, 6.07) is 7.03. The van der Waals surface area contributed by atoms with Crippen LogP contribution in [0.25, 0.3) is 0 Å². The van der Waals surface area contributed by atoms with E-state index < -0.39 is 11.6 Å². The van der Waals surface area contributed by atoms with Crippen molar-refractivity contribution in [3.8, 4) is 0 Å². The maximum Gasteiger partial charge on any atom is 0.279 e. The molecule has 4 nitrogen and oxygen atoms in total. The van der Waals surface area contributed by atoms with Gasteiger partial charge in [0.1, 0.15) is 30.8 Å². The van der Waals surface area contributed by atoms with Gasteiger partial charge in [0, 0.05) is 12.7 Å². The van der Waals surface area contributed by atoms with Gasteiger partial charge in [-0.1, -0.05) is 6.07 Å². The van der Waals surface area contributed by atoms with Gasteiger partial charge < -0.3 is 15.0 Å². The van der Waals surface area contributed by atoms with Crippen molar-refractivity contribution < 1.29 is 23.2 Å². The van der Waals surface area contributed by atoms with E-state index in [0.717, 1.165) is 49.1 Å². The highest BCUT2D eigenvalue weighted by Gasteiger charge is 2.24. The molecule has 1 aromatic heterocycles. The number of halogens is 2. The Bertz CT molecular complexity index is 703. The minimum absolute atomic E-state index is 0.127. The summed E-state index contributed by atoms with van der Waals surface area (Å²) < 4.78 is 32.6. The van der Waals surface area contributed by atoms with Crippen molar-refractivity contribution in [3.63, 3.8) is 0 Å². The second-order valence-electron chi connectivity index (χ2n) is 6.19. The maximum absolute atomic E-state index is 13.7. The summed E-state index contributed by atoms with van der Waals surface area (Å²) >= 11 is 1.64. The molecule has 1 amide bonds. The van der Waals surface area contributed by atoms with Crippen LogP contribution in [0, 0.1) is 11.6 Å². The van der Waals surface area contributed by atoms with E-state index in [1.807, 2.05) is 17.5 Å². The van der Waals surface area contributed by atoms with Gasteiger partial charge in [0.25, 0.3) is 5.91 Å². The van der Waals surface area contributed by atoms with Gasteiger partial charge in [-0.3, -0.25) is 4.79 Å². The third kappa shape index (κ3) is 5.32. The number of amides is 1. The average Bonchev–Trinajstić information content (AvgIpc) is 3.25. The highest BCUT2D eigenvalue weighted by molar-refractivity contribution is 7.09. The predicted octanol–water partition coefficient (Wildman–Crippen LogP) is 2.23. The van der Waals surface area contributed by atoms with Crippen LogP contribution in [-0.2, 0) is 16.1 Å². The Hall–Kier alpha value is -1.83. The summed E-state index contributed by atoms with van der Waals surface area (Å²) in [5.41, 5.74) is -0.127. The third-order valence-corrected chi connectivity index (χ3v) is 5.03. The number of carbonyl (C=O) groups excluding carboxylic acids is 1. The van der Waals surface area contributed by atoms with Crippen molar-refractivity contribution in [1.82, 2.24) is 0 Å². The smallest absolute Gasteiger partial charge is 0.279 e. The first-order valence-electron chi connectivity index (χ1n) is 8.32. The number of ether oxygens (including phenoxy) is 1. The predicted molar refractivity (Wildman–Crippen MR) is 92.7 cm³/mol. The SMILES string of the molecule is O=C(C[NH+](Cc1cccs1)C[C@@H]1CCCO1)Nc1cc(F)ccc1F. The summed E-state index contributed by atoms with van der Waals surface area (Å²) in [5.74, 6) is -1.57. The molecule has 2 heterocycles. The molecule has 1 aliphatic rings.